The first-order valence-corrected chi connectivity index (χ1v) is 6.61. The summed E-state index contributed by atoms with van der Waals surface area (Å²) >= 11 is 1.99. The van der Waals surface area contributed by atoms with Gasteiger partial charge in [-0.1, -0.05) is 12.5 Å². The predicted octanol–water partition coefficient (Wildman–Crippen LogP) is 2.97. The second-order valence-electron chi connectivity index (χ2n) is 4.22. The van der Waals surface area contributed by atoms with Crippen molar-refractivity contribution in [1.82, 2.24) is 0 Å². The minimum Gasteiger partial charge on any atom is -0.399 e. The standard InChI is InChI=1S/C12H18N2S/c1-15-12(6-3-7-12)9-14-11-5-2-4-10(13)8-11/h2,4-5,8,14H,3,6-7,9,13H2,1H3. The molecule has 0 unspecified atom stereocenters. The number of nitrogen functional groups attached to an aromatic ring is 1. The molecule has 0 aromatic heterocycles. The summed E-state index contributed by atoms with van der Waals surface area (Å²) in [5.41, 5.74) is 7.69. The highest BCUT2D eigenvalue weighted by Crippen LogP contribution is 2.42. The average Bonchev–Trinajstić information content (AvgIpc) is 2.17. The topological polar surface area (TPSA) is 38.0 Å². The Morgan fingerprint density at radius 3 is 2.80 bits per heavy atom. The van der Waals surface area contributed by atoms with Gasteiger partial charge in [-0.15, -0.1) is 0 Å². The van der Waals surface area contributed by atoms with E-state index in [1.165, 1.54) is 19.3 Å². The summed E-state index contributed by atoms with van der Waals surface area (Å²) in [7, 11) is 0. The van der Waals surface area contributed by atoms with Crippen LogP contribution in [0.5, 0.6) is 0 Å². The van der Waals surface area contributed by atoms with E-state index in [1.807, 2.05) is 30.0 Å². The van der Waals surface area contributed by atoms with Gasteiger partial charge in [0.25, 0.3) is 0 Å². The molecule has 3 N–H and O–H groups in total. The van der Waals surface area contributed by atoms with Gasteiger partial charge >= 0.3 is 0 Å². The summed E-state index contributed by atoms with van der Waals surface area (Å²) in [4.78, 5) is 0. The Balaban J connectivity index is 1.92. The second-order valence-corrected chi connectivity index (χ2v) is 5.49. The second kappa shape index (κ2) is 4.35. The van der Waals surface area contributed by atoms with Crippen molar-refractivity contribution in [3.05, 3.63) is 24.3 Å². The van der Waals surface area contributed by atoms with Crippen LogP contribution < -0.4 is 11.1 Å². The molecule has 0 bridgehead atoms. The van der Waals surface area contributed by atoms with Crippen molar-refractivity contribution in [1.29, 1.82) is 0 Å². The highest BCUT2D eigenvalue weighted by molar-refractivity contribution is 8.00. The SMILES string of the molecule is CSC1(CNc2cccc(N)c2)CCC1. The number of hydrogen-bond donors (Lipinski definition) is 2. The molecule has 1 aromatic rings. The molecule has 2 rings (SSSR count). The van der Waals surface area contributed by atoms with E-state index in [-0.39, 0.29) is 0 Å². The van der Waals surface area contributed by atoms with Crippen LogP contribution in [0, 0.1) is 0 Å². The summed E-state index contributed by atoms with van der Waals surface area (Å²) in [5, 5.41) is 3.48. The molecule has 0 radical (unpaired) electrons. The van der Waals surface area contributed by atoms with Crippen LogP contribution in [0.3, 0.4) is 0 Å². The van der Waals surface area contributed by atoms with Gasteiger partial charge in [-0.2, -0.15) is 11.8 Å². The first kappa shape index (κ1) is 10.7. The summed E-state index contributed by atoms with van der Waals surface area (Å²) in [6.07, 6.45) is 6.26. The van der Waals surface area contributed by atoms with Crippen LogP contribution in [0.25, 0.3) is 0 Å². The van der Waals surface area contributed by atoms with Crippen molar-refractivity contribution in [2.75, 3.05) is 23.9 Å². The van der Waals surface area contributed by atoms with Crippen molar-refractivity contribution in [3.63, 3.8) is 0 Å². The van der Waals surface area contributed by atoms with Gasteiger partial charge in [0, 0.05) is 22.7 Å². The largest absolute Gasteiger partial charge is 0.399 e. The lowest BCUT2D eigenvalue weighted by Crippen LogP contribution is -2.40. The maximum absolute atomic E-state index is 5.73. The molecule has 1 saturated carbocycles. The Hall–Kier alpha value is -0.830. The third-order valence-electron chi connectivity index (χ3n) is 3.20. The normalized spacial score (nSPS) is 18.2. The summed E-state index contributed by atoms with van der Waals surface area (Å²) < 4.78 is 0.477. The van der Waals surface area contributed by atoms with E-state index in [9.17, 15) is 0 Å². The smallest absolute Gasteiger partial charge is 0.0361 e. The average molecular weight is 222 g/mol. The molecule has 3 heteroatoms. The molecule has 15 heavy (non-hydrogen) atoms. The zero-order valence-electron chi connectivity index (χ0n) is 9.12. The fraction of sp³-hybridized carbons (Fsp3) is 0.500. The van der Waals surface area contributed by atoms with Gasteiger partial charge in [-0.05, 0) is 37.3 Å². The quantitative estimate of drug-likeness (QED) is 0.769. The van der Waals surface area contributed by atoms with E-state index in [0.717, 1.165) is 17.9 Å². The number of benzene rings is 1. The Morgan fingerprint density at radius 2 is 2.27 bits per heavy atom. The van der Waals surface area contributed by atoms with E-state index in [0.29, 0.717) is 4.75 Å². The molecule has 1 aliphatic rings. The van der Waals surface area contributed by atoms with Crippen molar-refractivity contribution in [2.24, 2.45) is 0 Å². The monoisotopic (exact) mass is 222 g/mol. The predicted molar refractivity (Wildman–Crippen MR) is 69.4 cm³/mol. The highest BCUT2D eigenvalue weighted by atomic mass is 32.2. The zero-order chi connectivity index (χ0) is 10.7. The summed E-state index contributed by atoms with van der Waals surface area (Å²) in [5.74, 6) is 0. The lowest BCUT2D eigenvalue weighted by molar-refractivity contribution is 0.380. The maximum atomic E-state index is 5.73. The van der Waals surface area contributed by atoms with Crippen LogP contribution in [0.4, 0.5) is 11.4 Å². The maximum Gasteiger partial charge on any atom is 0.0361 e. The highest BCUT2D eigenvalue weighted by Gasteiger charge is 2.35. The van der Waals surface area contributed by atoms with Crippen LogP contribution in [-0.4, -0.2) is 17.5 Å². The summed E-state index contributed by atoms with van der Waals surface area (Å²) in [6.45, 7) is 1.05. The van der Waals surface area contributed by atoms with E-state index in [1.54, 1.807) is 0 Å². The summed E-state index contributed by atoms with van der Waals surface area (Å²) in [6, 6.07) is 7.97. The molecular weight excluding hydrogens is 204 g/mol. The van der Waals surface area contributed by atoms with Crippen molar-refractivity contribution in [3.8, 4) is 0 Å². The van der Waals surface area contributed by atoms with Gasteiger partial charge in [-0.3, -0.25) is 0 Å². The molecule has 1 aromatic carbocycles. The zero-order valence-corrected chi connectivity index (χ0v) is 9.94. The van der Waals surface area contributed by atoms with E-state index >= 15 is 0 Å². The van der Waals surface area contributed by atoms with Crippen LogP contribution in [0.2, 0.25) is 0 Å². The minimum atomic E-state index is 0.477. The molecular formula is C12H18N2S. The third kappa shape index (κ3) is 2.40. The van der Waals surface area contributed by atoms with Crippen molar-refractivity contribution in [2.45, 2.75) is 24.0 Å². The van der Waals surface area contributed by atoms with Gasteiger partial charge in [0.15, 0.2) is 0 Å². The van der Waals surface area contributed by atoms with E-state index < -0.39 is 0 Å². The van der Waals surface area contributed by atoms with Crippen molar-refractivity contribution >= 4 is 23.1 Å². The first-order chi connectivity index (χ1) is 7.24. The van der Waals surface area contributed by atoms with Gasteiger partial charge in [-0.25, -0.2) is 0 Å². The number of anilines is 2. The molecule has 0 atom stereocenters. The van der Waals surface area contributed by atoms with Crippen LogP contribution >= 0.6 is 11.8 Å². The van der Waals surface area contributed by atoms with Crippen LogP contribution in [0.1, 0.15) is 19.3 Å². The fourth-order valence-electron chi connectivity index (χ4n) is 1.94. The molecule has 0 amide bonds. The lowest BCUT2D eigenvalue weighted by atomic mass is 9.84. The number of rotatable bonds is 4. The van der Waals surface area contributed by atoms with Crippen LogP contribution in [0.15, 0.2) is 24.3 Å². The Labute approximate surface area is 95.6 Å². The van der Waals surface area contributed by atoms with Gasteiger partial charge in [0.05, 0.1) is 0 Å². The molecule has 0 spiro atoms. The van der Waals surface area contributed by atoms with Crippen molar-refractivity contribution < 1.29 is 0 Å². The number of hydrogen-bond acceptors (Lipinski definition) is 3. The number of thioether (sulfide) groups is 1. The van der Waals surface area contributed by atoms with E-state index in [4.69, 9.17) is 5.73 Å². The molecule has 1 aliphatic carbocycles. The Bertz CT molecular complexity index is 329. The minimum absolute atomic E-state index is 0.477. The molecule has 0 aliphatic heterocycles. The first-order valence-electron chi connectivity index (χ1n) is 5.39. The molecule has 0 saturated heterocycles. The lowest BCUT2D eigenvalue weighted by Gasteiger charge is -2.40. The third-order valence-corrected chi connectivity index (χ3v) is 4.62. The Kier molecular flexibility index (Phi) is 3.10. The molecule has 2 nitrogen and oxygen atoms in total. The van der Waals surface area contributed by atoms with Gasteiger partial charge < -0.3 is 11.1 Å². The Morgan fingerprint density at radius 1 is 1.47 bits per heavy atom. The molecule has 82 valence electrons. The number of nitrogens with one attached hydrogen (secondary N) is 1. The fourth-order valence-corrected chi connectivity index (χ4v) is 2.85. The van der Waals surface area contributed by atoms with Crippen LogP contribution in [-0.2, 0) is 0 Å². The number of nitrogens with two attached hydrogens (primary N) is 1. The van der Waals surface area contributed by atoms with Gasteiger partial charge in [0.2, 0.25) is 0 Å². The van der Waals surface area contributed by atoms with Gasteiger partial charge in [0.1, 0.15) is 0 Å². The molecule has 1 fully saturated rings. The van der Waals surface area contributed by atoms with E-state index in [2.05, 4.69) is 17.6 Å². The molecule has 0 heterocycles.